The van der Waals surface area contributed by atoms with Gasteiger partial charge in [0, 0.05) is 17.8 Å². The Morgan fingerprint density at radius 3 is 2.60 bits per heavy atom. The number of ether oxygens (including phenoxy) is 1. The van der Waals surface area contributed by atoms with Crippen molar-refractivity contribution in [1.82, 2.24) is 9.78 Å². The van der Waals surface area contributed by atoms with Crippen molar-refractivity contribution in [2.75, 3.05) is 11.9 Å². The number of carbonyl (C=O) groups excluding carboxylic acids is 1. The molecule has 1 amide bonds. The molecule has 1 aromatic heterocycles. The molecular formula is C20H21N3O2. The number of aromatic nitrogens is 2. The summed E-state index contributed by atoms with van der Waals surface area (Å²) in [6.45, 7) is 5.27. The summed E-state index contributed by atoms with van der Waals surface area (Å²) in [4.78, 5) is 12.3. The molecule has 0 spiro atoms. The van der Waals surface area contributed by atoms with Crippen molar-refractivity contribution in [1.29, 1.82) is 0 Å². The van der Waals surface area contributed by atoms with Crippen LogP contribution in [-0.2, 0) is 6.54 Å². The molecule has 25 heavy (non-hydrogen) atoms. The van der Waals surface area contributed by atoms with E-state index in [2.05, 4.69) is 29.5 Å². The summed E-state index contributed by atoms with van der Waals surface area (Å²) < 4.78 is 7.20. The first-order valence-corrected chi connectivity index (χ1v) is 8.28. The van der Waals surface area contributed by atoms with Crippen LogP contribution < -0.4 is 10.1 Å². The average molecular weight is 335 g/mol. The maximum Gasteiger partial charge on any atom is 0.256 e. The van der Waals surface area contributed by atoms with Crippen LogP contribution in [0.4, 0.5) is 5.82 Å². The monoisotopic (exact) mass is 335 g/mol. The van der Waals surface area contributed by atoms with Crippen LogP contribution in [0.25, 0.3) is 0 Å². The van der Waals surface area contributed by atoms with Gasteiger partial charge < -0.3 is 10.1 Å². The summed E-state index contributed by atoms with van der Waals surface area (Å²) >= 11 is 0. The van der Waals surface area contributed by atoms with Crippen LogP contribution in [-0.4, -0.2) is 22.3 Å². The molecular weight excluding hydrogens is 314 g/mol. The van der Waals surface area contributed by atoms with Crippen molar-refractivity contribution < 1.29 is 9.53 Å². The number of carbonyl (C=O) groups is 1. The zero-order valence-electron chi connectivity index (χ0n) is 14.4. The SMILES string of the molecule is CCOc1ccc(C(=O)Nc2ccn(Cc3ccccc3C)n2)cc1. The molecule has 0 unspecified atom stereocenters. The second kappa shape index (κ2) is 7.66. The molecule has 0 saturated heterocycles. The Morgan fingerprint density at radius 1 is 1.12 bits per heavy atom. The molecule has 0 atom stereocenters. The predicted octanol–water partition coefficient (Wildman–Crippen LogP) is 3.89. The minimum atomic E-state index is -0.191. The van der Waals surface area contributed by atoms with Crippen molar-refractivity contribution >= 4 is 11.7 Å². The normalized spacial score (nSPS) is 10.5. The maximum atomic E-state index is 12.3. The van der Waals surface area contributed by atoms with Crippen LogP contribution in [0.1, 0.15) is 28.4 Å². The average Bonchev–Trinajstić information content (AvgIpc) is 3.05. The highest BCUT2D eigenvalue weighted by molar-refractivity contribution is 6.03. The lowest BCUT2D eigenvalue weighted by atomic mass is 10.1. The van der Waals surface area contributed by atoms with Gasteiger partial charge >= 0.3 is 0 Å². The molecule has 1 heterocycles. The minimum Gasteiger partial charge on any atom is -0.494 e. The zero-order chi connectivity index (χ0) is 17.6. The van der Waals surface area contributed by atoms with Crippen LogP contribution in [0.15, 0.2) is 60.8 Å². The highest BCUT2D eigenvalue weighted by atomic mass is 16.5. The Kier molecular flexibility index (Phi) is 5.14. The molecule has 0 aliphatic rings. The molecule has 5 nitrogen and oxygen atoms in total. The van der Waals surface area contributed by atoms with E-state index in [-0.39, 0.29) is 5.91 Å². The summed E-state index contributed by atoms with van der Waals surface area (Å²) in [5.41, 5.74) is 2.99. The Morgan fingerprint density at radius 2 is 1.88 bits per heavy atom. The quantitative estimate of drug-likeness (QED) is 0.743. The first-order chi connectivity index (χ1) is 12.2. The third-order valence-corrected chi connectivity index (χ3v) is 3.90. The van der Waals surface area contributed by atoms with Gasteiger partial charge in [-0.05, 0) is 49.2 Å². The van der Waals surface area contributed by atoms with Gasteiger partial charge in [0.25, 0.3) is 5.91 Å². The third-order valence-electron chi connectivity index (χ3n) is 3.90. The molecule has 0 bridgehead atoms. The molecule has 128 valence electrons. The fourth-order valence-electron chi connectivity index (χ4n) is 2.54. The molecule has 5 heteroatoms. The van der Waals surface area contributed by atoms with Gasteiger partial charge in [-0.2, -0.15) is 5.10 Å². The second-order valence-electron chi connectivity index (χ2n) is 5.74. The fourth-order valence-corrected chi connectivity index (χ4v) is 2.54. The minimum absolute atomic E-state index is 0.191. The molecule has 0 fully saturated rings. The van der Waals surface area contributed by atoms with Crippen LogP contribution in [0.5, 0.6) is 5.75 Å². The van der Waals surface area contributed by atoms with Crippen LogP contribution >= 0.6 is 0 Å². The Hall–Kier alpha value is -3.08. The van der Waals surface area contributed by atoms with E-state index in [4.69, 9.17) is 4.74 Å². The molecule has 0 radical (unpaired) electrons. The third kappa shape index (κ3) is 4.26. The van der Waals surface area contributed by atoms with Gasteiger partial charge in [0.15, 0.2) is 5.82 Å². The van der Waals surface area contributed by atoms with E-state index in [0.717, 1.165) is 5.75 Å². The largest absolute Gasteiger partial charge is 0.494 e. The standard InChI is InChI=1S/C20H21N3O2/c1-3-25-18-10-8-16(9-11-18)20(24)21-19-12-13-23(22-19)14-17-7-5-4-6-15(17)2/h4-13H,3,14H2,1-2H3,(H,21,22,24). The van der Waals surface area contributed by atoms with Crippen molar-refractivity contribution in [2.24, 2.45) is 0 Å². The van der Waals surface area contributed by atoms with E-state index in [1.165, 1.54) is 11.1 Å². The number of nitrogens with zero attached hydrogens (tertiary/aromatic N) is 2. The summed E-state index contributed by atoms with van der Waals surface area (Å²) in [6, 6.07) is 17.0. The van der Waals surface area contributed by atoms with Crippen molar-refractivity contribution in [3.05, 3.63) is 77.5 Å². The summed E-state index contributed by atoms with van der Waals surface area (Å²) in [6.07, 6.45) is 1.86. The Balaban J connectivity index is 1.64. The first kappa shape index (κ1) is 16.8. The molecule has 3 rings (SSSR count). The molecule has 2 aromatic carbocycles. The molecule has 1 N–H and O–H groups in total. The number of hydrogen-bond donors (Lipinski definition) is 1. The van der Waals surface area contributed by atoms with Gasteiger partial charge in [-0.15, -0.1) is 0 Å². The van der Waals surface area contributed by atoms with Gasteiger partial charge in [0.1, 0.15) is 5.75 Å². The van der Waals surface area contributed by atoms with Crippen molar-refractivity contribution in [2.45, 2.75) is 20.4 Å². The molecule has 0 aliphatic heterocycles. The van der Waals surface area contributed by atoms with Crippen LogP contribution in [0.2, 0.25) is 0 Å². The first-order valence-electron chi connectivity index (χ1n) is 8.28. The number of anilines is 1. The topological polar surface area (TPSA) is 56.1 Å². The van der Waals surface area contributed by atoms with Crippen LogP contribution in [0, 0.1) is 6.92 Å². The Labute approximate surface area is 147 Å². The number of hydrogen-bond acceptors (Lipinski definition) is 3. The fraction of sp³-hybridized carbons (Fsp3) is 0.200. The van der Waals surface area contributed by atoms with E-state index in [1.807, 2.05) is 29.9 Å². The number of aryl methyl sites for hydroxylation is 1. The highest BCUT2D eigenvalue weighted by Crippen LogP contribution is 2.14. The van der Waals surface area contributed by atoms with Gasteiger partial charge in [0.05, 0.1) is 13.2 Å². The number of nitrogens with one attached hydrogen (secondary N) is 1. The number of amides is 1. The maximum absolute atomic E-state index is 12.3. The van der Waals surface area contributed by atoms with Gasteiger partial charge in [-0.25, -0.2) is 0 Å². The van der Waals surface area contributed by atoms with E-state index in [9.17, 15) is 4.79 Å². The Bertz CT molecular complexity index is 853. The number of rotatable bonds is 6. The lowest BCUT2D eigenvalue weighted by molar-refractivity contribution is 0.102. The molecule has 3 aromatic rings. The predicted molar refractivity (Wildman–Crippen MR) is 98.1 cm³/mol. The number of benzene rings is 2. The van der Waals surface area contributed by atoms with E-state index >= 15 is 0 Å². The summed E-state index contributed by atoms with van der Waals surface area (Å²) in [5.74, 6) is 1.10. The summed E-state index contributed by atoms with van der Waals surface area (Å²) in [7, 11) is 0. The molecule has 0 aliphatic carbocycles. The van der Waals surface area contributed by atoms with Crippen molar-refractivity contribution in [3.63, 3.8) is 0 Å². The summed E-state index contributed by atoms with van der Waals surface area (Å²) in [5, 5.41) is 7.24. The zero-order valence-corrected chi connectivity index (χ0v) is 14.4. The molecule has 0 saturated carbocycles. The lowest BCUT2D eigenvalue weighted by Gasteiger charge is -2.06. The van der Waals surface area contributed by atoms with Crippen LogP contribution in [0.3, 0.4) is 0 Å². The highest BCUT2D eigenvalue weighted by Gasteiger charge is 2.09. The second-order valence-corrected chi connectivity index (χ2v) is 5.74. The lowest BCUT2D eigenvalue weighted by Crippen LogP contribution is -2.13. The van der Waals surface area contributed by atoms with Crippen molar-refractivity contribution in [3.8, 4) is 5.75 Å². The van der Waals surface area contributed by atoms with Gasteiger partial charge in [-0.1, -0.05) is 24.3 Å². The van der Waals surface area contributed by atoms with Gasteiger partial charge in [0.2, 0.25) is 0 Å². The van der Waals surface area contributed by atoms with Gasteiger partial charge in [-0.3, -0.25) is 9.48 Å². The smallest absolute Gasteiger partial charge is 0.256 e. The van der Waals surface area contributed by atoms with E-state index in [0.29, 0.717) is 24.5 Å². The van der Waals surface area contributed by atoms with E-state index < -0.39 is 0 Å². The van der Waals surface area contributed by atoms with E-state index in [1.54, 1.807) is 30.3 Å².